The molecule has 146 valence electrons. The molecule has 27 heavy (non-hydrogen) atoms. The third-order valence-corrected chi connectivity index (χ3v) is 5.20. The minimum absolute atomic E-state index is 0.0929. The Hall–Kier alpha value is -1.85. The second kappa shape index (κ2) is 8.44. The second-order valence-electron chi connectivity index (χ2n) is 8.11. The van der Waals surface area contributed by atoms with Crippen molar-refractivity contribution >= 4 is 17.5 Å². The first-order chi connectivity index (χ1) is 12.9. The van der Waals surface area contributed by atoms with Gasteiger partial charge in [0.05, 0.1) is 16.3 Å². The molecule has 0 unspecified atom stereocenters. The lowest BCUT2D eigenvalue weighted by Crippen LogP contribution is -2.28. The Morgan fingerprint density at radius 3 is 2.70 bits per heavy atom. The Kier molecular flexibility index (Phi) is 6.22. The fourth-order valence-corrected chi connectivity index (χ4v) is 3.55. The van der Waals surface area contributed by atoms with Crippen LogP contribution < -0.4 is 5.32 Å². The van der Waals surface area contributed by atoms with E-state index in [0.717, 1.165) is 55.8 Å². The number of halogens is 1. The van der Waals surface area contributed by atoms with Crippen LogP contribution in [0.4, 0.5) is 0 Å². The highest BCUT2D eigenvalue weighted by Crippen LogP contribution is 2.30. The molecule has 1 aromatic carbocycles. The molecule has 0 atom stereocenters. The van der Waals surface area contributed by atoms with E-state index >= 15 is 0 Å². The van der Waals surface area contributed by atoms with E-state index in [1.54, 1.807) is 0 Å². The molecule has 2 aromatic rings. The number of benzene rings is 1. The van der Waals surface area contributed by atoms with Gasteiger partial charge < -0.3 is 10.2 Å². The van der Waals surface area contributed by atoms with Crippen LogP contribution in [-0.2, 0) is 16.9 Å². The highest BCUT2D eigenvalue weighted by Gasteiger charge is 2.21. The van der Waals surface area contributed by atoms with Gasteiger partial charge in [0, 0.05) is 43.4 Å². The summed E-state index contributed by atoms with van der Waals surface area (Å²) in [6, 6.07) is 7.84. The number of nitrogens with one attached hydrogen (secondary N) is 1. The number of nitrogens with zero attached hydrogens (tertiary/aromatic N) is 3. The molecule has 0 radical (unpaired) electrons. The first-order valence-corrected chi connectivity index (χ1v) is 10.1. The van der Waals surface area contributed by atoms with E-state index in [1.165, 1.54) is 0 Å². The van der Waals surface area contributed by atoms with Crippen molar-refractivity contribution in [1.82, 2.24) is 20.0 Å². The number of rotatable bonds is 7. The largest absolute Gasteiger partial charge is 0.343 e. The van der Waals surface area contributed by atoms with Gasteiger partial charge in [0.25, 0.3) is 0 Å². The van der Waals surface area contributed by atoms with Crippen LogP contribution in [0.2, 0.25) is 5.02 Å². The standard InChI is InChI=1S/C21H29ClN4O/c1-21(2,3)26-15-16(20(24-26)17-8-4-5-9-18(17)22)14-23-11-7-13-25-12-6-10-19(25)27/h4-5,8-9,15,23H,6-7,10-14H2,1-3H3. The summed E-state index contributed by atoms with van der Waals surface area (Å²) >= 11 is 6.42. The fourth-order valence-electron chi connectivity index (χ4n) is 3.32. The predicted molar refractivity (Wildman–Crippen MR) is 110 cm³/mol. The van der Waals surface area contributed by atoms with Gasteiger partial charge in [-0.2, -0.15) is 5.10 Å². The van der Waals surface area contributed by atoms with Crippen molar-refractivity contribution in [2.24, 2.45) is 0 Å². The molecule has 1 amide bonds. The molecule has 2 heterocycles. The van der Waals surface area contributed by atoms with E-state index in [2.05, 4.69) is 32.3 Å². The minimum atomic E-state index is -0.0929. The zero-order valence-corrected chi connectivity index (χ0v) is 17.2. The summed E-state index contributed by atoms with van der Waals surface area (Å²) in [5, 5.41) is 9.04. The van der Waals surface area contributed by atoms with Crippen LogP contribution in [0.25, 0.3) is 11.3 Å². The van der Waals surface area contributed by atoms with Crippen LogP contribution in [0, 0.1) is 0 Å². The lowest BCUT2D eigenvalue weighted by atomic mass is 10.1. The molecule has 0 bridgehead atoms. The molecule has 1 saturated heterocycles. The molecule has 0 aliphatic carbocycles. The van der Waals surface area contributed by atoms with Gasteiger partial charge in [0.15, 0.2) is 0 Å². The molecule has 5 nitrogen and oxygen atoms in total. The molecule has 1 aliphatic heterocycles. The van der Waals surface area contributed by atoms with Crippen LogP contribution >= 0.6 is 11.6 Å². The summed E-state index contributed by atoms with van der Waals surface area (Å²) < 4.78 is 2.01. The molecule has 1 N–H and O–H groups in total. The van der Waals surface area contributed by atoms with Crippen molar-refractivity contribution in [3.63, 3.8) is 0 Å². The highest BCUT2D eigenvalue weighted by atomic mass is 35.5. The van der Waals surface area contributed by atoms with Crippen LogP contribution in [0.3, 0.4) is 0 Å². The van der Waals surface area contributed by atoms with Gasteiger partial charge in [-0.1, -0.05) is 29.8 Å². The summed E-state index contributed by atoms with van der Waals surface area (Å²) in [5.74, 6) is 0.294. The summed E-state index contributed by atoms with van der Waals surface area (Å²) in [7, 11) is 0. The summed E-state index contributed by atoms with van der Waals surface area (Å²) in [5.41, 5.74) is 2.93. The van der Waals surface area contributed by atoms with Crippen molar-refractivity contribution in [1.29, 1.82) is 0 Å². The topological polar surface area (TPSA) is 50.2 Å². The number of likely N-dealkylation sites (tertiary alicyclic amines) is 1. The number of carbonyl (C=O) groups is 1. The molecule has 0 saturated carbocycles. The van der Waals surface area contributed by atoms with Crippen molar-refractivity contribution in [2.75, 3.05) is 19.6 Å². The molecular weight excluding hydrogens is 360 g/mol. The Balaban J connectivity index is 1.66. The van der Waals surface area contributed by atoms with E-state index in [9.17, 15) is 4.79 Å². The summed E-state index contributed by atoms with van der Waals surface area (Å²) in [6.07, 6.45) is 4.77. The highest BCUT2D eigenvalue weighted by molar-refractivity contribution is 6.33. The van der Waals surface area contributed by atoms with E-state index in [1.807, 2.05) is 33.8 Å². The number of hydrogen-bond donors (Lipinski definition) is 1. The fraction of sp³-hybridized carbons (Fsp3) is 0.524. The van der Waals surface area contributed by atoms with Gasteiger partial charge in [0.2, 0.25) is 5.91 Å². The van der Waals surface area contributed by atoms with Crippen LogP contribution in [-0.4, -0.2) is 40.2 Å². The molecule has 0 spiro atoms. The smallest absolute Gasteiger partial charge is 0.222 e. The zero-order valence-electron chi connectivity index (χ0n) is 16.5. The first kappa shape index (κ1) is 19.9. The molecule has 3 rings (SSSR count). The molecule has 1 aliphatic rings. The Morgan fingerprint density at radius 1 is 1.26 bits per heavy atom. The molecule has 6 heteroatoms. The maximum Gasteiger partial charge on any atom is 0.222 e. The number of hydrogen-bond acceptors (Lipinski definition) is 3. The van der Waals surface area contributed by atoms with Crippen LogP contribution in [0.5, 0.6) is 0 Å². The maximum atomic E-state index is 11.7. The van der Waals surface area contributed by atoms with Gasteiger partial charge >= 0.3 is 0 Å². The normalized spacial score (nSPS) is 15.0. The molecule has 1 aromatic heterocycles. The van der Waals surface area contributed by atoms with E-state index in [-0.39, 0.29) is 5.54 Å². The molecular formula is C21H29ClN4O. The lowest BCUT2D eigenvalue weighted by Gasteiger charge is -2.19. The minimum Gasteiger partial charge on any atom is -0.343 e. The number of aromatic nitrogens is 2. The maximum absolute atomic E-state index is 11.7. The molecule has 1 fully saturated rings. The van der Waals surface area contributed by atoms with Gasteiger partial charge in [0.1, 0.15) is 0 Å². The average molecular weight is 389 g/mol. The number of amides is 1. The number of carbonyl (C=O) groups excluding carboxylic acids is 1. The van der Waals surface area contributed by atoms with E-state index < -0.39 is 0 Å². The van der Waals surface area contributed by atoms with Gasteiger partial charge in [-0.25, -0.2) is 0 Å². The third kappa shape index (κ3) is 4.90. The van der Waals surface area contributed by atoms with Gasteiger partial charge in [-0.3, -0.25) is 9.48 Å². The lowest BCUT2D eigenvalue weighted by molar-refractivity contribution is -0.127. The monoisotopic (exact) mass is 388 g/mol. The Bertz CT molecular complexity index is 794. The van der Waals surface area contributed by atoms with Crippen molar-refractivity contribution < 1.29 is 4.79 Å². The Labute approximate surface area is 166 Å². The van der Waals surface area contributed by atoms with E-state index in [4.69, 9.17) is 16.7 Å². The summed E-state index contributed by atoms with van der Waals surface area (Å²) in [6.45, 7) is 9.76. The van der Waals surface area contributed by atoms with Gasteiger partial charge in [-0.15, -0.1) is 0 Å². The van der Waals surface area contributed by atoms with Crippen molar-refractivity contribution in [3.05, 3.63) is 41.0 Å². The van der Waals surface area contributed by atoms with Gasteiger partial charge in [-0.05, 0) is 46.2 Å². The van der Waals surface area contributed by atoms with E-state index in [0.29, 0.717) is 17.4 Å². The van der Waals surface area contributed by atoms with Crippen LogP contribution in [0.15, 0.2) is 30.5 Å². The third-order valence-electron chi connectivity index (χ3n) is 4.87. The first-order valence-electron chi connectivity index (χ1n) is 9.68. The average Bonchev–Trinajstić information content (AvgIpc) is 3.21. The van der Waals surface area contributed by atoms with Crippen molar-refractivity contribution in [2.45, 2.75) is 52.1 Å². The quantitative estimate of drug-likeness (QED) is 0.727. The second-order valence-corrected chi connectivity index (χ2v) is 8.52. The van der Waals surface area contributed by atoms with Crippen LogP contribution in [0.1, 0.15) is 45.6 Å². The van der Waals surface area contributed by atoms with Crippen molar-refractivity contribution in [3.8, 4) is 11.3 Å². The zero-order chi connectivity index (χ0) is 19.4. The Morgan fingerprint density at radius 2 is 2.04 bits per heavy atom. The SMILES string of the molecule is CC(C)(C)n1cc(CNCCCN2CCCC2=O)c(-c2ccccc2Cl)n1. The predicted octanol–water partition coefficient (Wildman–Crippen LogP) is 4.06. The summed E-state index contributed by atoms with van der Waals surface area (Å²) in [4.78, 5) is 13.6.